The van der Waals surface area contributed by atoms with E-state index >= 15 is 0 Å². The van der Waals surface area contributed by atoms with Crippen LogP contribution < -0.4 is 15.4 Å². The Balaban J connectivity index is 1.28. The van der Waals surface area contributed by atoms with Crippen LogP contribution in [0.1, 0.15) is 49.4 Å². The van der Waals surface area contributed by atoms with E-state index in [1.807, 2.05) is 49.4 Å². The predicted octanol–water partition coefficient (Wildman–Crippen LogP) is 7.51. The molecule has 1 saturated carbocycles. The lowest BCUT2D eigenvalue weighted by Gasteiger charge is -2.30. The zero-order valence-corrected chi connectivity index (χ0v) is 22.3. The minimum atomic E-state index is -0.370. The lowest BCUT2D eigenvalue weighted by Crippen LogP contribution is -2.31. The normalized spacial score (nSPS) is 13.7. The van der Waals surface area contributed by atoms with Gasteiger partial charge in [-0.2, -0.15) is 5.26 Å². The number of amides is 2. The van der Waals surface area contributed by atoms with E-state index in [2.05, 4.69) is 31.2 Å². The molecule has 0 aliphatic heterocycles. The van der Waals surface area contributed by atoms with Crippen LogP contribution in [0.4, 0.5) is 14.9 Å². The number of carbonyl (C=O) groups is 1. The van der Waals surface area contributed by atoms with Crippen LogP contribution in [0.2, 0.25) is 0 Å². The molecule has 41 heavy (non-hydrogen) atoms. The largest absolute Gasteiger partial charge is 0.424 e. The maximum Gasteiger partial charge on any atom is 0.321 e. The number of benzene rings is 3. The summed E-state index contributed by atoms with van der Waals surface area (Å²) >= 11 is 0. The van der Waals surface area contributed by atoms with E-state index in [1.54, 1.807) is 30.6 Å². The molecule has 9 heteroatoms. The van der Waals surface area contributed by atoms with E-state index < -0.39 is 0 Å². The quantitative estimate of drug-likeness (QED) is 0.220. The van der Waals surface area contributed by atoms with Crippen LogP contribution in [0.5, 0.6) is 11.8 Å². The van der Waals surface area contributed by atoms with Gasteiger partial charge < -0.3 is 19.9 Å². The van der Waals surface area contributed by atoms with Crippen molar-refractivity contribution in [2.75, 3.05) is 5.32 Å². The first-order valence-electron chi connectivity index (χ1n) is 13.5. The first-order valence-corrected chi connectivity index (χ1v) is 13.5. The number of nitrogens with one attached hydrogen (secondary N) is 2. The number of rotatable bonds is 7. The van der Waals surface area contributed by atoms with E-state index in [0.29, 0.717) is 17.0 Å². The van der Waals surface area contributed by atoms with Crippen LogP contribution >= 0.6 is 0 Å². The summed E-state index contributed by atoms with van der Waals surface area (Å²) < 4.78 is 21.4. The lowest BCUT2D eigenvalue weighted by molar-refractivity contribution is 0.249. The number of anilines is 1. The molecule has 0 unspecified atom stereocenters. The molecular formula is C32H27FN6O2. The highest BCUT2D eigenvalue weighted by molar-refractivity contribution is 5.96. The van der Waals surface area contributed by atoms with Gasteiger partial charge in [0.1, 0.15) is 17.6 Å². The SMILES string of the molecule is C[C@@H](NC(=O)Nc1ccc(-c2c(C#N)c3ccc(Oc4ncccn4)cc3n2C2CCC2)cc1)c1ccc(F)cc1. The summed E-state index contributed by atoms with van der Waals surface area (Å²) in [6, 6.07) is 23.2. The molecular weight excluding hydrogens is 519 g/mol. The van der Waals surface area contributed by atoms with E-state index in [9.17, 15) is 14.4 Å². The highest BCUT2D eigenvalue weighted by Crippen LogP contribution is 2.43. The molecule has 8 nitrogen and oxygen atoms in total. The third-order valence-electron chi connectivity index (χ3n) is 7.41. The van der Waals surface area contributed by atoms with Crippen molar-refractivity contribution in [3.8, 4) is 29.1 Å². The Morgan fingerprint density at radius 1 is 1.07 bits per heavy atom. The highest BCUT2D eigenvalue weighted by Gasteiger charge is 2.28. The summed E-state index contributed by atoms with van der Waals surface area (Å²) in [4.78, 5) is 20.9. The van der Waals surface area contributed by atoms with Gasteiger partial charge in [-0.05, 0) is 79.8 Å². The van der Waals surface area contributed by atoms with Crippen LogP contribution in [0, 0.1) is 17.1 Å². The van der Waals surface area contributed by atoms with Gasteiger partial charge in [0.2, 0.25) is 0 Å². The number of urea groups is 1. The Bertz CT molecular complexity index is 1740. The summed E-state index contributed by atoms with van der Waals surface area (Å²) in [5, 5.41) is 16.8. The molecule has 1 atom stereocenters. The van der Waals surface area contributed by atoms with E-state index in [-0.39, 0.29) is 29.9 Å². The Hall–Kier alpha value is -5.23. The highest BCUT2D eigenvalue weighted by atomic mass is 19.1. The van der Waals surface area contributed by atoms with Crippen molar-refractivity contribution in [3.05, 3.63) is 102 Å². The van der Waals surface area contributed by atoms with Crippen molar-refractivity contribution in [1.82, 2.24) is 19.9 Å². The fourth-order valence-corrected chi connectivity index (χ4v) is 5.13. The third-order valence-corrected chi connectivity index (χ3v) is 7.41. The minimum Gasteiger partial charge on any atom is -0.424 e. The molecule has 204 valence electrons. The third kappa shape index (κ3) is 5.32. The molecule has 2 amide bonds. The molecule has 0 bridgehead atoms. The zero-order valence-electron chi connectivity index (χ0n) is 22.3. The van der Waals surface area contributed by atoms with Crippen LogP contribution in [-0.4, -0.2) is 20.6 Å². The van der Waals surface area contributed by atoms with Gasteiger partial charge in [0, 0.05) is 35.6 Å². The van der Waals surface area contributed by atoms with Gasteiger partial charge in [0.25, 0.3) is 0 Å². The Labute approximate surface area is 236 Å². The zero-order chi connectivity index (χ0) is 28.3. The number of carbonyl (C=O) groups excluding carboxylic acids is 1. The summed E-state index contributed by atoms with van der Waals surface area (Å²) in [6.07, 6.45) is 6.44. The van der Waals surface area contributed by atoms with Crippen molar-refractivity contribution < 1.29 is 13.9 Å². The van der Waals surface area contributed by atoms with E-state index in [4.69, 9.17) is 4.74 Å². The molecule has 5 aromatic rings. The second-order valence-electron chi connectivity index (χ2n) is 10.1. The molecule has 2 aromatic heterocycles. The van der Waals surface area contributed by atoms with Gasteiger partial charge in [0.05, 0.1) is 22.8 Å². The number of halogens is 1. The van der Waals surface area contributed by atoms with Gasteiger partial charge >= 0.3 is 12.0 Å². The molecule has 3 aromatic carbocycles. The molecule has 6 rings (SSSR count). The number of nitriles is 1. The maximum absolute atomic E-state index is 13.2. The Morgan fingerprint density at radius 2 is 1.80 bits per heavy atom. The van der Waals surface area contributed by atoms with Gasteiger partial charge in [-0.25, -0.2) is 19.2 Å². The number of nitrogens with zero attached hydrogens (tertiary/aromatic N) is 4. The van der Waals surface area contributed by atoms with Gasteiger partial charge in [-0.3, -0.25) is 0 Å². The summed E-state index contributed by atoms with van der Waals surface area (Å²) in [5.41, 5.74) is 4.66. The second kappa shape index (κ2) is 11.1. The van der Waals surface area contributed by atoms with Crippen molar-refractivity contribution in [3.63, 3.8) is 0 Å². The minimum absolute atomic E-state index is 0.258. The van der Waals surface area contributed by atoms with Crippen LogP contribution in [0.25, 0.3) is 22.2 Å². The molecule has 2 heterocycles. The summed E-state index contributed by atoms with van der Waals surface area (Å²) in [6.45, 7) is 1.84. The molecule has 0 saturated heterocycles. The summed E-state index contributed by atoms with van der Waals surface area (Å²) in [5.74, 6) is 0.273. The fraction of sp³-hybridized carbons (Fsp3) is 0.188. The Kier molecular flexibility index (Phi) is 7.04. The van der Waals surface area contributed by atoms with Crippen LogP contribution in [-0.2, 0) is 0 Å². The number of aromatic nitrogens is 3. The average molecular weight is 547 g/mol. The standard InChI is InChI=1S/C32H27FN6O2/c1-20(21-6-10-23(33)11-7-21)37-31(40)38-24-12-8-22(9-13-24)30-28(19-34)27-15-14-26(41-32-35-16-3-17-36-32)18-29(27)39(30)25-4-2-5-25/h3,6-18,20,25H,2,4-5H2,1H3,(H2,37,38,40)/t20-/m1/s1. The van der Waals surface area contributed by atoms with Gasteiger partial charge in [-0.15, -0.1) is 0 Å². The van der Waals surface area contributed by atoms with Crippen molar-refractivity contribution >= 4 is 22.6 Å². The summed E-state index contributed by atoms with van der Waals surface area (Å²) in [7, 11) is 0. The van der Waals surface area contributed by atoms with Crippen molar-refractivity contribution in [2.45, 2.75) is 38.3 Å². The second-order valence-corrected chi connectivity index (χ2v) is 10.1. The van der Waals surface area contributed by atoms with Crippen molar-refractivity contribution in [1.29, 1.82) is 5.26 Å². The lowest BCUT2D eigenvalue weighted by atomic mass is 9.92. The average Bonchev–Trinajstić information content (AvgIpc) is 3.26. The predicted molar refractivity (Wildman–Crippen MR) is 154 cm³/mol. The molecule has 1 fully saturated rings. The molecule has 1 aliphatic carbocycles. The molecule has 2 N–H and O–H groups in total. The first kappa shape index (κ1) is 26.0. The number of ether oxygens (including phenoxy) is 1. The molecule has 1 aliphatic rings. The van der Waals surface area contributed by atoms with Crippen molar-refractivity contribution in [2.24, 2.45) is 0 Å². The number of hydrogen-bond acceptors (Lipinski definition) is 5. The van der Waals surface area contributed by atoms with E-state index in [0.717, 1.165) is 47.0 Å². The fourth-order valence-electron chi connectivity index (χ4n) is 5.13. The first-order chi connectivity index (χ1) is 20.0. The molecule has 0 radical (unpaired) electrons. The smallest absolute Gasteiger partial charge is 0.321 e. The Morgan fingerprint density at radius 3 is 2.46 bits per heavy atom. The monoisotopic (exact) mass is 546 g/mol. The van der Waals surface area contributed by atoms with Crippen LogP contribution in [0.3, 0.4) is 0 Å². The molecule has 0 spiro atoms. The topological polar surface area (TPSA) is 105 Å². The number of fused-ring (bicyclic) bond motifs is 1. The van der Waals surface area contributed by atoms with Gasteiger partial charge in [-0.1, -0.05) is 24.3 Å². The van der Waals surface area contributed by atoms with Gasteiger partial charge in [0.15, 0.2) is 0 Å². The number of hydrogen-bond donors (Lipinski definition) is 2. The van der Waals surface area contributed by atoms with Crippen LogP contribution in [0.15, 0.2) is 85.2 Å². The maximum atomic E-state index is 13.2. The van der Waals surface area contributed by atoms with E-state index in [1.165, 1.54) is 12.1 Å².